The molecule has 1 aliphatic carbocycles. The molecule has 4 aromatic carbocycles. The Morgan fingerprint density at radius 3 is 2.07 bits per heavy atom. The number of likely N-dealkylation sites (N-methyl/N-ethyl adjacent to an activating group) is 1. The number of nitrogens with one attached hydrogen (secondary N) is 2. The van der Waals surface area contributed by atoms with Crippen LogP contribution in [0.4, 0.5) is 10.5 Å². The average Bonchev–Trinajstić information content (AvgIpc) is 3.30. The highest BCUT2D eigenvalue weighted by Gasteiger charge is 2.29. The predicted octanol–water partition coefficient (Wildman–Crippen LogP) is 5.36. The number of carbonyl (C=O) groups is 3. The van der Waals surface area contributed by atoms with Gasteiger partial charge in [0.05, 0.1) is 11.3 Å². The highest BCUT2D eigenvalue weighted by atomic mass is 16.5. The fourth-order valence-corrected chi connectivity index (χ4v) is 5.23. The van der Waals surface area contributed by atoms with Gasteiger partial charge in [-0.3, -0.25) is 15.0 Å². The summed E-state index contributed by atoms with van der Waals surface area (Å²) in [5.74, 6) is -1.86. The highest BCUT2D eigenvalue weighted by molar-refractivity contribution is 6.03. The molecule has 0 saturated carbocycles. The normalized spacial score (nSPS) is 12.7. The molecule has 0 aromatic heterocycles. The van der Waals surface area contributed by atoms with Crippen molar-refractivity contribution in [1.82, 2.24) is 10.2 Å². The topological polar surface area (TPSA) is 108 Å². The lowest BCUT2D eigenvalue weighted by molar-refractivity contribution is -0.139. The van der Waals surface area contributed by atoms with Crippen molar-refractivity contribution in [3.63, 3.8) is 0 Å². The number of anilines is 1. The van der Waals surface area contributed by atoms with E-state index in [9.17, 15) is 19.5 Å². The van der Waals surface area contributed by atoms with Crippen LogP contribution in [-0.4, -0.2) is 54.2 Å². The van der Waals surface area contributed by atoms with Crippen molar-refractivity contribution in [2.24, 2.45) is 0 Å². The summed E-state index contributed by atoms with van der Waals surface area (Å²) in [4.78, 5) is 39.8. The number of amides is 2. The first-order valence-corrected chi connectivity index (χ1v) is 13.4. The van der Waals surface area contributed by atoms with Crippen LogP contribution >= 0.6 is 0 Å². The molecular weight excluding hydrogens is 518 g/mol. The zero-order chi connectivity index (χ0) is 28.8. The van der Waals surface area contributed by atoms with Crippen LogP contribution in [0.5, 0.6) is 0 Å². The van der Waals surface area contributed by atoms with Crippen molar-refractivity contribution in [3.05, 3.63) is 125 Å². The maximum Gasteiger partial charge on any atom is 0.411 e. The molecule has 8 heteroatoms. The average molecular weight is 550 g/mol. The van der Waals surface area contributed by atoms with Gasteiger partial charge in [0, 0.05) is 19.0 Å². The van der Waals surface area contributed by atoms with E-state index in [1.54, 1.807) is 25.2 Å². The molecule has 0 heterocycles. The lowest BCUT2D eigenvalue weighted by Gasteiger charge is -2.23. The molecule has 0 fully saturated rings. The number of carboxylic acids is 1. The summed E-state index contributed by atoms with van der Waals surface area (Å²) in [6.07, 6.45) is -0.704. The van der Waals surface area contributed by atoms with Gasteiger partial charge >= 0.3 is 12.1 Å². The molecule has 1 atom stereocenters. The SMILES string of the molecule is CN(Cc1ccccc1)CC(NC(=O)c1ccccc1NC(=O)OCC1c2ccccc2-c2ccccc21)C(=O)O. The van der Waals surface area contributed by atoms with Gasteiger partial charge < -0.3 is 15.2 Å². The third kappa shape index (κ3) is 6.45. The quantitative estimate of drug-likeness (QED) is 0.246. The number of carboxylic acid groups (broad SMARTS) is 1. The monoisotopic (exact) mass is 549 g/mol. The van der Waals surface area contributed by atoms with Gasteiger partial charge in [-0.15, -0.1) is 0 Å². The second kappa shape index (κ2) is 12.5. The second-order valence-electron chi connectivity index (χ2n) is 10.0. The van der Waals surface area contributed by atoms with E-state index < -0.39 is 24.0 Å². The second-order valence-corrected chi connectivity index (χ2v) is 10.0. The van der Waals surface area contributed by atoms with E-state index in [0.717, 1.165) is 27.8 Å². The van der Waals surface area contributed by atoms with Crippen molar-refractivity contribution in [2.45, 2.75) is 18.5 Å². The Kier molecular flexibility index (Phi) is 8.41. The van der Waals surface area contributed by atoms with Crippen molar-refractivity contribution < 1.29 is 24.2 Å². The molecule has 0 bridgehead atoms. The van der Waals surface area contributed by atoms with Crippen molar-refractivity contribution >= 4 is 23.7 Å². The summed E-state index contributed by atoms with van der Waals surface area (Å²) < 4.78 is 5.62. The Morgan fingerprint density at radius 1 is 0.829 bits per heavy atom. The van der Waals surface area contributed by atoms with E-state index in [1.165, 1.54) is 6.07 Å². The van der Waals surface area contributed by atoms with E-state index in [-0.39, 0.29) is 30.3 Å². The number of hydrogen-bond donors (Lipinski definition) is 3. The Balaban J connectivity index is 1.22. The van der Waals surface area contributed by atoms with Crippen LogP contribution in [0.25, 0.3) is 11.1 Å². The van der Waals surface area contributed by atoms with Crippen LogP contribution in [0.3, 0.4) is 0 Å². The molecule has 1 unspecified atom stereocenters. The Bertz CT molecular complexity index is 1510. The minimum atomic E-state index is -1.15. The summed E-state index contributed by atoms with van der Waals surface area (Å²) in [7, 11) is 1.79. The first-order valence-electron chi connectivity index (χ1n) is 13.4. The van der Waals surface area contributed by atoms with E-state index in [2.05, 4.69) is 22.8 Å². The molecule has 0 radical (unpaired) electrons. The van der Waals surface area contributed by atoms with Crippen LogP contribution in [-0.2, 0) is 16.1 Å². The van der Waals surface area contributed by atoms with Gasteiger partial charge in [0.15, 0.2) is 0 Å². The molecule has 5 rings (SSSR count). The van der Waals surface area contributed by atoms with Gasteiger partial charge in [-0.1, -0.05) is 91.0 Å². The summed E-state index contributed by atoms with van der Waals surface area (Å²) >= 11 is 0. The fraction of sp³-hybridized carbons (Fsp3) is 0.182. The van der Waals surface area contributed by atoms with E-state index in [0.29, 0.717) is 6.54 Å². The van der Waals surface area contributed by atoms with Gasteiger partial charge in [0.1, 0.15) is 12.6 Å². The lowest BCUT2D eigenvalue weighted by atomic mass is 9.98. The van der Waals surface area contributed by atoms with Crippen molar-refractivity contribution in [2.75, 3.05) is 25.5 Å². The summed E-state index contributed by atoms with van der Waals surface area (Å²) in [5.41, 5.74) is 5.84. The number of fused-ring (bicyclic) bond motifs is 3. The van der Waals surface area contributed by atoms with Crippen LogP contribution in [0.1, 0.15) is 33.0 Å². The van der Waals surface area contributed by atoms with Gasteiger partial charge in [0.2, 0.25) is 0 Å². The molecule has 1 aliphatic rings. The van der Waals surface area contributed by atoms with Gasteiger partial charge in [0.25, 0.3) is 5.91 Å². The Labute approximate surface area is 238 Å². The van der Waals surface area contributed by atoms with E-state index in [4.69, 9.17) is 4.74 Å². The number of nitrogens with zero attached hydrogens (tertiary/aromatic N) is 1. The first kappa shape index (κ1) is 27.6. The number of aliphatic carboxylic acids is 1. The molecule has 41 heavy (non-hydrogen) atoms. The number of ether oxygens (including phenoxy) is 1. The fourth-order valence-electron chi connectivity index (χ4n) is 5.23. The lowest BCUT2D eigenvalue weighted by Crippen LogP contribution is -2.47. The summed E-state index contributed by atoms with van der Waals surface area (Å²) in [5, 5.41) is 15.0. The van der Waals surface area contributed by atoms with Crippen molar-refractivity contribution in [1.29, 1.82) is 0 Å². The third-order valence-electron chi connectivity index (χ3n) is 7.15. The van der Waals surface area contributed by atoms with Crippen LogP contribution in [0.2, 0.25) is 0 Å². The molecule has 208 valence electrons. The molecule has 0 aliphatic heterocycles. The molecular formula is C33H31N3O5. The molecule has 8 nitrogen and oxygen atoms in total. The Morgan fingerprint density at radius 2 is 1.41 bits per heavy atom. The number of rotatable bonds is 10. The molecule has 4 aromatic rings. The number of hydrogen-bond acceptors (Lipinski definition) is 5. The van der Waals surface area contributed by atoms with Crippen molar-refractivity contribution in [3.8, 4) is 11.1 Å². The van der Waals surface area contributed by atoms with Crippen LogP contribution < -0.4 is 10.6 Å². The summed E-state index contributed by atoms with van der Waals surface area (Å²) in [6, 6.07) is 31.1. The third-order valence-corrected chi connectivity index (χ3v) is 7.15. The Hall–Kier alpha value is -4.95. The maximum absolute atomic E-state index is 13.2. The van der Waals surface area contributed by atoms with Gasteiger partial charge in [-0.05, 0) is 47.0 Å². The van der Waals surface area contributed by atoms with E-state index in [1.807, 2.05) is 71.6 Å². The zero-order valence-electron chi connectivity index (χ0n) is 22.6. The van der Waals surface area contributed by atoms with Gasteiger partial charge in [-0.2, -0.15) is 0 Å². The van der Waals surface area contributed by atoms with Crippen LogP contribution in [0.15, 0.2) is 103 Å². The van der Waals surface area contributed by atoms with Gasteiger partial charge in [-0.25, -0.2) is 9.59 Å². The number of carbonyl (C=O) groups excluding carboxylic acids is 2. The minimum Gasteiger partial charge on any atom is -0.480 e. The number of benzene rings is 4. The molecule has 2 amide bonds. The smallest absolute Gasteiger partial charge is 0.411 e. The molecule has 0 spiro atoms. The van der Waals surface area contributed by atoms with Crippen LogP contribution in [0, 0.1) is 0 Å². The largest absolute Gasteiger partial charge is 0.480 e. The standard InChI is InChI=1S/C33H31N3O5/c1-36(19-22-11-3-2-4-12-22)20-30(32(38)39)34-31(37)27-17-9-10-18-29(27)35-33(40)41-21-28-25-15-7-5-13-23(25)24-14-6-8-16-26(24)28/h2-18,28,30H,19-21H2,1H3,(H,34,37)(H,35,40)(H,38,39). The summed E-state index contributed by atoms with van der Waals surface area (Å²) in [6.45, 7) is 0.751. The zero-order valence-corrected chi connectivity index (χ0v) is 22.6. The molecule has 3 N–H and O–H groups in total. The van der Waals surface area contributed by atoms with E-state index >= 15 is 0 Å². The maximum atomic E-state index is 13.2. The minimum absolute atomic E-state index is 0.0952. The highest BCUT2D eigenvalue weighted by Crippen LogP contribution is 2.44. The predicted molar refractivity (Wildman–Crippen MR) is 157 cm³/mol. The molecule has 0 saturated heterocycles. The number of para-hydroxylation sites is 1. The first-order chi connectivity index (χ1) is 19.9.